The van der Waals surface area contributed by atoms with Gasteiger partial charge in [0.15, 0.2) is 5.78 Å². The van der Waals surface area contributed by atoms with E-state index in [-0.39, 0.29) is 47.6 Å². The van der Waals surface area contributed by atoms with E-state index in [9.17, 15) is 9.59 Å². The second-order valence-electron chi connectivity index (χ2n) is 7.12. The fourth-order valence-electron chi connectivity index (χ4n) is 4.46. The predicted octanol–water partition coefficient (Wildman–Crippen LogP) is 3.15. The molecule has 0 aromatic carbocycles. The van der Waals surface area contributed by atoms with Crippen molar-refractivity contribution < 1.29 is 19.1 Å². The topological polar surface area (TPSA) is 52.6 Å². The lowest BCUT2D eigenvalue weighted by Crippen LogP contribution is -2.65. The molecule has 0 saturated carbocycles. The van der Waals surface area contributed by atoms with Crippen LogP contribution in [0.3, 0.4) is 0 Å². The quantitative estimate of drug-likeness (QED) is 0.698. The molecule has 7 atom stereocenters. The third kappa shape index (κ3) is 2.41. The zero-order valence-electron chi connectivity index (χ0n) is 14.7. The van der Waals surface area contributed by atoms with E-state index in [1.165, 1.54) is 6.92 Å². The van der Waals surface area contributed by atoms with Crippen LogP contribution in [0, 0.1) is 23.7 Å². The first-order chi connectivity index (χ1) is 10.1. The number of hydrogen-bond acceptors (Lipinski definition) is 4. The largest absolute Gasteiger partial charge is 0.462 e. The number of rotatable bonds is 1. The van der Waals surface area contributed by atoms with Crippen LogP contribution in [0.4, 0.5) is 0 Å². The van der Waals surface area contributed by atoms with E-state index in [4.69, 9.17) is 9.47 Å². The normalized spacial score (nSPS) is 45.6. The van der Waals surface area contributed by atoms with Gasteiger partial charge in [-0.05, 0) is 19.4 Å². The van der Waals surface area contributed by atoms with Gasteiger partial charge in [-0.1, -0.05) is 33.8 Å². The van der Waals surface area contributed by atoms with Crippen LogP contribution in [0.2, 0.25) is 0 Å². The molecule has 1 saturated heterocycles. The molecule has 0 N–H and O–H groups in total. The van der Waals surface area contributed by atoms with Crippen molar-refractivity contribution in [1.82, 2.24) is 0 Å². The van der Waals surface area contributed by atoms with Crippen molar-refractivity contribution in [2.24, 2.45) is 23.7 Å². The maximum Gasteiger partial charge on any atom is 0.302 e. The molecule has 1 spiro atoms. The fourth-order valence-corrected chi connectivity index (χ4v) is 4.46. The monoisotopic (exact) mass is 308 g/mol. The second-order valence-corrected chi connectivity index (χ2v) is 7.12. The summed E-state index contributed by atoms with van der Waals surface area (Å²) in [6.45, 7) is 13.4. The summed E-state index contributed by atoms with van der Waals surface area (Å²) in [5.41, 5.74) is 0.194. The molecule has 1 aliphatic heterocycles. The molecule has 7 unspecified atom stereocenters. The first-order valence-electron chi connectivity index (χ1n) is 8.20. The fraction of sp³-hybridized carbons (Fsp3) is 0.778. The summed E-state index contributed by atoms with van der Waals surface area (Å²) in [7, 11) is 0. The van der Waals surface area contributed by atoms with Gasteiger partial charge in [0, 0.05) is 30.6 Å². The van der Waals surface area contributed by atoms with Gasteiger partial charge in [0.1, 0.15) is 6.10 Å². The minimum atomic E-state index is -0.608. The molecule has 22 heavy (non-hydrogen) atoms. The van der Waals surface area contributed by atoms with Crippen LogP contribution >= 0.6 is 0 Å². The molecule has 1 aliphatic carbocycles. The summed E-state index contributed by atoms with van der Waals surface area (Å²) < 4.78 is 12.1. The lowest BCUT2D eigenvalue weighted by Gasteiger charge is -2.57. The van der Waals surface area contributed by atoms with Crippen LogP contribution in [-0.2, 0) is 19.1 Å². The van der Waals surface area contributed by atoms with Gasteiger partial charge in [0.2, 0.25) is 0 Å². The smallest absolute Gasteiger partial charge is 0.302 e. The lowest BCUT2D eigenvalue weighted by atomic mass is 9.60. The molecule has 2 aliphatic rings. The molecule has 0 aromatic rings. The Hall–Kier alpha value is -1.16. The van der Waals surface area contributed by atoms with Crippen LogP contribution in [0.5, 0.6) is 0 Å². The van der Waals surface area contributed by atoms with E-state index < -0.39 is 5.60 Å². The van der Waals surface area contributed by atoms with Gasteiger partial charge in [0.05, 0.1) is 11.7 Å². The number of ether oxygens (including phenoxy) is 2. The maximum absolute atomic E-state index is 12.6. The average Bonchev–Trinajstić information content (AvgIpc) is 2.44. The Balaban J connectivity index is 2.48. The molecule has 1 heterocycles. The van der Waals surface area contributed by atoms with Crippen LogP contribution in [0.15, 0.2) is 11.6 Å². The zero-order valence-corrected chi connectivity index (χ0v) is 14.7. The Labute approximate surface area is 133 Å². The third-order valence-electron chi connectivity index (χ3n) is 5.83. The van der Waals surface area contributed by atoms with Crippen molar-refractivity contribution in [3.63, 3.8) is 0 Å². The Morgan fingerprint density at radius 1 is 1.23 bits per heavy atom. The van der Waals surface area contributed by atoms with Crippen LogP contribution in [0.1, 0.15) is 48.5 Å². The van der Waals surface area contributed by atoms with E-state index >= 15 is 0 Å². The average molecular weight is 308 g/mol. The van der Waals surface area contributed by atoms with E-state index in [2.05, 4.69) is 6.92 Å². The lowest BCUT2D eigenvalue weighted by molar-refractivity contribution is -0.253. The van der Waals surface area contributed by atoms with Gasteiger partial charge in [-0.25, -0.2) is 0 Å². The van der Waals surface area contributed by atoms with Crippen molar-refractivity contribution in [2.45, 2.75) is 66.3 Å². The van der Waals surface area contributed by atoms with Crippen LogP contribution in [-0.4, -0.2) is 29.6 Å². The van der Waals surface area contributed by atoms with Gasteiger partial charge in [-0.15, -0.1) is 0 Å². The molecule has 124 valence electrons. The Morgan fingerprint density at radius 3 is 2.36 bits per heavy atom. The summed E-state index contributed by atoms with van der Waals surface area (Å²) in [6, 6.07) is 0. The van der Waals surface area contributed by atoms with E-state index in [1.54, 1.807) is 0 Å². The molecule has 0 amide bonds. The van der Waals surface area contributed by atoms with Crippen molar-refractivity contribution in [1.29, 1.82) is 0 Å². The summed E-state index contributed by atoms with van der Waals surface area (Å²) in [5, 5.41) is 0. The molecule has 4 heteroatoms. The third-order valence-corrected chi connectivity index (χ3v) is 5.83. The number of hydrogen-bond donors (Lipinski definition) is 0. The molecule has 0 aromatic heterocycles. The first-order valence-corrected chi connectivity index (χ1v) is 8.20. The maximum atomic E-state index is 12.6. The highest BCUT2D eigenvalue weighted by molar-refractivity contribution is 5.98. The molecule has 0 bridgehead atoms. The summed E-state index contributed by atoms with van der Waals surface area (Å²) in [4.78, 5) is 24.1. The number of carbonyl (C=O) groups excluding carboxylic acids is 2. The zero-order chi connectivity index (χ0) is 16.8. The highest BCUT2D eigenvalue weighted by Crippen LogP contribution is 2.50. The number of Topliss-reactive ketones (excluding diaryl/α,β-unsaturated/α-hetero) is 1. The van der Waals surface area contributed by atoms with Crippen LogP contribution in [0.25, 0.3) is 0 Å². The van der Waals surface area contributed by atoms with Crippen molar-refractivity contribution in [2.75, 3.05) is 0 Å². The molecule has 0 radical (unpaired) electrons. The SMILES string of the molecule is CC(=O)OC1C(C)C(C)OC2(C(C)C=C(C)C(=O)C2C)C1C. The van der Waals surface area contributed by atoms with Gasteiger partial charge in [-0.2, -0.15) is 0 Å². The summed E-state index contributed by atoms with van der Waals surface area (Å²) in [6.07, 6.45) is 1.71. The molecule has 1 fully saturated rings. The summed E-state index contributed by atoms with van der Waals surface area (Å²) in [5.74, 6) is -0.221. The van der Waals surface area contributed by atoms with Crippen molar-refractivity contribution in [3.8, 4) is 0 Å². The van der Waals surface area contributed by atoms with E-state index in [0.29, 0.717) is 0 Å². The van der Waals surface area contributed by atoms with Gasteiger partial charge in [-0.3, -0.25) is 9.59 Å². The van der Waals surface area contributed by atoms with Crippen LogP contribution < -0.4 is 0 Å². The molecule has 4 nitrogen and oxygen atoms in total. The number of esters is 1. The summed E-state index contributed by atoms with van der Waals surface area (Å²) >= 11 is 0. The van der Waals surface area contributed by atoms with Gasteiger partial charge < -0.3 is 9.47 Å². The Bertz CT molecular complexity index is 509. The highest BCUT2D eigenvalue weighted by Gasteiger charge is 2.59. The van der Waals surface area contributed by atoms with Gasteiger partial charge >= 0.3 is 5.97 Å². The molecule has 2 rings (SSSR count). The van der Waals surface area contributed by atoms with Crippen molar-refractivity contribution >= 4 is 11.8 Å². The minimum Gasteiger partial charge on any atom is -0.462 e. The van der Waals surface area contributed by atoms with E-state index in [1.807, 2.05) is 40.7 Å². The minimum absolute atomic E-state index is 0.0408. The molecular weight excluding hydrogens is 280 g/mol. The second kappa shape index (κ2) is 5.80. The Morgan fingerprint density at radius 2 is 1.82 bits per heavy atom. The van der Waals surface area contributed by atoms with E-state index in [0.717, 1.165) is 5.57 Å². The standard InChI is InChI=1S/C18H28O4/c1-9-8-10(2)18(12(4)16(9)20)13(5)17(21-15(7)19)11(3)14(6)22-18/h8,10-14,17H,1-7H3. The predicted molar refractivity (Wildman–Crippen MR) is 84.3 cm³/mol. The Kier molecular flexibility index (Phi) is 4.54. The number of allylic oxidation sites excluding steroid dienone is 1. The van der Waals surface area contributed by atoms with Crippen molar-refractivity contribution in [3.05, 3.63) is 11.6 Å². The number of carbonyl (C=O) groups is 2. The first kappa shape index (κ1) is 17.2. The highest BCUT2D eigenvalue weighted by atomic mass is 16.6. The number of ketones is 1. The molecular formula is C18H28O4. The van der Waals surface area contributed by atoms with Gasteiger partial charge in [0.25, 0.3) is 0 Å².